The summed E-state index contributed by atoms with van der Waals surface area (Å²) in [6.45, 7) is 5.25. The third kappa shape index (κ3) is 1.63. The van der Waals surface area contributed by atoms with Gasteiger partial charge in [-0.2, -0.15) is 4.57 Å². The zero-order chi connectivity index (χ0) is 11.7. The van der Waals surface area contributed by atoms with Crippen LogP contribution in [0.4, 0.5) is 0 Å². The van der Waals surface area contributed by atoms with Crippen LogP contribution in [0.15, 0.2) is 12.1 Å². The highest BCUT2D eigenvalue weighted by Crippen LogP contribution is 2.33. The summed E-state index contributed by atoms with van der Waals surface area (Å²) in [5, 5.41) is 1.30. The maximum Gasteiger partial charge on any atom is 0.235 e. The van der Waals surface area contributed by atoms with Crippen LogP contribution in [0, 0.1) is 6.92 Å². The van der Waals surface area contributed by atoms with E-state index in [1.165, 1.54) is 15.2 Å². The molecule has 0 saturated carbocycles. The molecule has 0 unspecified atom stereocenters. The molecule has 0 amide bonds. The monoisotopic (exact) mass is 238 g/mol. The summed E-state index contributed by atoms with van der Waals surface area (Å²) in [5.41, 5.74) is 1.21. The predicted molar refractivity (Wildman–Crippen MR) is 65.5 cm³/mol. The molecule has 1 heterocycles. The predicted octanol–water partition coefficient (Wildman–Crippen LogP) is 2.53. The number of hydrogen-bond donors (Lipinski definition) is 0. The molecule has 0 fully saturated rings. The van der Waals surface area contributed by atoms with Crippen molar-refractivity contribution in [3.63, 3.8) is 0 Å². The number of nitrogens with zero attached hydrogens (tertiary/aromatic N) is 1. The lowest BCUT2D eigenvalue weighted by Crippen LogP contribution is -2.33. The Hall–Kier alpha value is -1.29. The van der Waals surface area contributed by atoms with Gasteiger partial charge in [-0.3, -0.25) is 0 Å². The second-order valence-corrected chi connectivity index (χ2v) is 4.78. The van der Waals surface area contributed by atoms with Gasteiger partial charge in [0.15, 0.2) is 11.5 Å². The van der Waals surface area contributed by atoms with Gasteiger partial charge >= 0.3 is 0 Å². The van der Waals surface area contributed by atoms with Crippen LogP contribution in [0.2, 0.25) is 0 Å². The molecule has 0 aliphatic rings. The van der Waals surface area contributed by atoms with E-state index >= 15 is 0 Å². The van der Waals surface area contributed by atoms with Crippen molar-refractivity contribution in [3.8, 4) is 11.5 Å². The summed E-state index contributed by atoms with van der Waals surface area (Å²) in [5.74, 6) is 1.58. The normalized spacial score (nSPS) is 10.8. The Labute approximate surface area is 99.2 Å². The molecule has 0 N–H and O–H groups in total. The lowest BCUT2D eigenvalue weighted by Gasteiger charge is -2.05. The molecule has 0 aliphatic heterocycles. The first-order chi connectivity index (χ1) is 7.71. The fraction of sp³-hybridized carbons (Fsp3) is 0.417. The van der Waals surface area contributed by atoms with Gasteiger partial charge < -0.3 is 9.47 Å². The maximum atomic E-state index is 5.32. The van der Waals surface area contributed by atoms with E-state index in [9.17, 15) is 0 Å². The fourth-order valence-electron chi connectivity index (χ4n) is 1.92. The standard InChI is InChI=1S/C12H16NO2S/c1-5-13-8(2)16-12-7-11(15-4)10(14-3)6-9(12)13/h6-7H,5H2,1-4H3/q+1. The van der Waals surface area contributed by atoms with E-state index in [0.717, 1.165) is 18.0 Å². The Kier molecular flexibility index (Phi) is 3.01. The van der Waals surface area contributed by atoms with Gasteiger partial charge in [0.1, 0.15) is 11.2 Å². The van der Waals surface area contributed by atoms with Crippen LogP contribution < -0.4 is 14.0 Å². The van der Waals surface area contributed by atoms with Gasteiger partial charge in [0.05, 0.1) is 20.3 Å². The van der Waals surface area contributed by atoms with E-state index in [0.29, 0.717) is 0 Å². The lowest BCUT2D eigenvalue weighted by molar-refractivity contribution is -0.669. The number of methoxy groups -OCH3 is 2. The first kappa shape index (κ1) is 11.2. The smallest absolute Gasteiger partial charge is 0.235 e. The first-order valence-corrected chi connectivity index (χ1v) is 6.07. The number of aromatic nitrogens is 1. The Morgan fingerprint density at radius 1 is 1.19 bits per heavy atom. The molecule has 16 heavy (non-hydrogen) atoms. The minimum absolute atomic E-state index is 0.787. The van der Waals surface area contributed by atoms with Gasteiger partial charge in [-0.25, -0.2) is 0 Å². The number of fused-ring (bicyclic) bond motifs is 1. The second-order valence-electron chi connectivity index (χ2n) is 3.54. The molecule has 2 aromatic rings. The number of aryl methyl sites for hydroxylation is 2. The van der Waals surface area contributed by atoms with Gasteiger partial charge in [0, 0.05) is 13.0 Å². The van der Waals surface area contributed by atoms with Crippen LogP contribution in [0.5, 0.6) is 11.5 Å². The highest BCUT2D eigenvalue weighted by molar-refractivity contribution is 7.18. The number of hydrogen-bond acceptors (Lipinski definition) is 3. The molecule has 0 bridgehead atoms. The van der Waals surface area contributed by atoms with Crippen LogP contribution in [0.1, 0.15) is 11.9 Å². The van der Waals surface area contributed by atoms with Gasteiger partial charge in [0.2, 0.25) is 10.5 Å². The van der Waals surface area contributed by atoms with Gasteiger partial charge in [-0.15, -0.1) is 0 Å². The fourth-order valence-corrected chi connectivity index (χ4v) is 3.01. The van der Waals surface area contributed by atoms with Crippen LogP contribution >= 0.6 is 11.3 Å². The topological polar surface area (TPSA) is 22.3 Å². The number of thiazole rings is 1. The number of benzene rings is 1. The van der Waals surface area contributed by atoms with Gasteiger partial charge in [-0.05, 0) is 6.92 Å². The van der Waals surface area contributed by atoms with Crippen LogP contribution in [0.25, 0.3) is 10.2 Å². The summed E-state index contributed by atoms with van der Waals surface area (Å²) in [4.78, 5) is 0. The summed E-state index contributed by atoms with van der Waals surface area (Å²) in [6, 6.07) is 4.08. The molecular weight excluding hydrogens is 222 g/mol. The molecule has 1 aromatic carbocycles. The minimum atomic E-state index is 0.787. The van der Waals surface area contributed by atoms with Crippen molar-refractivity contribution >= 4 is 21.6 Å². The Balaban J connectivity index is 2.73. The molecule has 2 rings (SSSR count). The largest absolute Gasteiger partial charge is 0.493 e. The Morgan fingerprint density at radius 2 is 1.81 bits per heavy atom. The highest BCUT2D eigenvalue weighted by atomic mass is 32.1. The van der Waals surface area contributed by atoms with Crippen molar-refractivity contribution in [1.82, 2.24) is 0 Å². The Morgan fingerprint density at radius 3 is 2.38 bits per heavy atom. The second kappa shape index (κ2) is 4.29. The molecular formula is C12H16NO2S+. The average Bonchev–Trinajstić information content (AvgIpc) is 2.61. The first-order valence-electron chi connectivity index (χ1n) is 5.26. The van der Waals surface area contributed by atoms with Crippen molar-refractivity contribution in [1.29, 1.82) is 0 Å². The molecule has 0 saturated heterocycles. The molecule has 1 aromatic heterocycles. The van der Waals surface area contributed by atoms with Crippen LogP contribution in [-0.2, 0) is 6.54 Å². The van der Waals surface area contributed by atoms with Crippen LogP contribution in [-0.4, -0.2) is 14.2 Å². The molecule has 0 spiro atoms. The van der Waals surface area contributed by atoms with E-state index in [2.05, 4.69) is 18.4 Å². The van der Waals surface area contributed by atoms with Crippen molar-refractivity contribution in [3.05, 3.63) is 17.1 Å². The van der Waals surface area contributed by atoms with Crippen molar-refractivity contribution in [2.45, 2.75) is 20.4 Å². The third-order valence-electron chi connectivity index (χ3n) is 2.71. The number of rotatable bonds is 3. The quantitative estimate of drug-likeness (QED) is 0.767. The molecule has 86 valence electrons. The number of ether oxygens (including phenoxy) is 2. The van der Waals surface area contributed by atoms with Crippen molar-refractivity contribution in [2.75, 3.05) is 14.2 Å². The summed E-state index contributed by atoms with van der Waals surface area (Å²) in [7, 11) is 3.33. The average molecular weight is 238 g/mol. The summed E-state index contributed by atoms with van der Waals surface area (Å²) >= 11 is 1.78. The molecule has 0 radical (unpaired) electrons. The SMILES string of the molecule is CC[n+]1c(C)sc2cc(OC)c(OC)cc21. The minimum Gasteiger partial charge on any atom is -0.493 e. The van der Waals surface area contributed by atoms with E-state index in [1.807, 2.05) is 12.1 Å². The van der Waals surface area contributed by atoms with Gasteiger partial charge in [-0.1, -0.05) is 11.3 Å². The van der Waals surface area contributed by atoms with Crippen molar-refractivity contribution in [2.24, 2.45) is 0 Å². The van der Waals surface area contributed by atoms with E-state index < -0.39 is 0 Å². The highest BCUT2D eigenvalue weighted by Gasteiger charge is 2.18. The maximum absolute atomic E-state index is 5.32. The zero-order valence-corrected chi connectivity index (χ0v) is 10.9. The van der Waals surface area contributed by atoms with E-state index in [4.69, 9.17) is 9.47 Å². The van der Waals surface area contributed by atoms with E-state index in [-0.39, 0.29) is 0 Å². The lowest BCUT2D eigenvalue weighted by atomic mass is 10.3. The molecule has 3 nitrogen and oxygen atoms in total. The molecule has 0 atom stereocenters. The third-order valence-corrected chi connectivity index (χ3v) is 3.77. The van der Waals surface area contributed by atoms with Gasteiger partial charge in [0.25, 0.3) is 0 Å². The molecule has 4 heteroatoms. The zero-order valence-electron chi connectivity index (χ0n) is 10.0. The van der Waals surface area contributed by atoms with Crippen LogP contribution in [0.3, 0.4) is 0 Å². The van der Waals surface area contributed by atoms with Crippen molar-refractivity contribution < 1.29 is 14.0 Å². The summed E-state index contributed by atoms with van der Waals surface area (Å²) < 4.78 is 14.1. The molecule has 0 aliphatic carbocycles. The Bertz CT molecular complexity index is 519. The van der Waals surface area contributed by atoms with E-state index in [1.54, 1.807) is 25.6 Å². The summed E-state index contributed by atoms with van der Waals surface area (Å²) in [6.07, 6.45) is 0.